The maximum atomic E-state index is 12.9. The molecule has 0 aromatic heterocycles. The van der Waals surface area contributed by atoms with Crippen molar-refractivity contribution in [2.24, 2.45) is 5.92 Å². The molecule has 2 atom stereocenters. The number of carbonyl (C=O) groups excluding carboxylic acids is 2. The third-order valence-corrected chi connectivity index (χ3v) is 6.33. The molecular weight excluding hydrogens is 394 g/mol. The lowest BCUT2D eigenvalue weighted by Gasteiger charge is -2.40. The second kappa shape index (κ2) is 9.78. The second-order valence-electron chi connectivity index (χ2n) is 7.96. The Labute approximate surface area is 176 Å². The summed E-state index contributed by atoms with van der Waals surface area (Å²) in [5, 5.41) is 3.39. The molecule has 1 amide bonds. The monoisotopic (exact) mass is 423 g/mol. The molecule has 0 unspecified atom stereocenters. The summed E-state index contributed by atoms with van der Waals surface area (Å²) in [6.07, 6.45) is 4.05. The van der Waals surface area contributed by atoms with Gasteiger partial charge in [-0.05, 0) is 31.2 Å². The van der Waals surface area contributed by atoms with E-state index in [4.69, 9.17) is 26.8 Å². The summed E-state index contributed by atoms with van der Waals surface area (Å²) in [6, 6.07) is 2.99. The van der Waals surface area contributed by atoms with Gasteiger partial charge in [-0.3, -0.25) is 9.59 Å². The summed E-state index contributed by atoms with van der Waals surface area (Å²) < 4.78 is 11.0. The number of carbonyl (C=O) groups is 2. The Morgan fingerprint density at radius 2 is 2.00 bits per heavy atom. The number of methoxy groups -OCH3 is 2. The lowest BCUT2D eigenvalue weighted by Crippen LogP contribution is -2.55. The number of piperidine rings is 1. The van der Waals surface area contributed by atoms with Gasteiger partial charge in [0.15, 0.2) is 0 Å². The summed E-state index contributed by atoms with van der Waals surface area (Å²) in [6.45, 7) is 2.62. The molecule has 1 aliphatic heterocycles. The van der Waals surface area contributed by atoms with Crippen LogP contribution in [0.25, 0.3) is 0 Å². The van der Waals surface area contributed by atoms with Crippen LogP contribution in [0.15, 0.2) is 12.1 Å². The molecule has 0 bridgehead atoms. The van der Waals surface area contributed by atoms with Crippen molar-refractivity contribution in [1.29, 1.82) is 0 Å². The fourth-order valence-electron chi connectivity index (χ4n) is 4.26. The van der Waals surface area contributed by atoms with E-state index in [0.717, 1.165) is 38.9 Å². The van der Waals surface area contributed by atoms with E-state index in [2.05, 4.69) is 10.2 Å². The number of amides is 1. The summed E-state index contributed by atoms with van der Waals surface area (Å²) in [5.74, 6) is 1.09. The molecule has 8 heteroatoms. The molecule has 1 saturated heterocycles. The Bertz CT molecular complexity index is 748. The van der Waals surface area contributed by atoms with Crippen LogP contribution in [0, 0.1) is 5.92 Å². The third-order valence-electron chi connectivity index (χ3n) is 6.01. The number of rotatable bonds is 6. The van der Waals surface area contributed by atoms with Crippen LogP contribution in [0.4, 0.5) is 5.69 Å². The number of halogens is 1. The van der Waals surface area contributed by atoms with Gasteiger partial charge in [0, 0.05) is 45.7 Å². The first-order chi connectivity index (χ1) is 13.9. The summed E-state index contributed by atoms with van der Waals surface area (Å²) in [4.78, 5) is 26.7. The van der Waals surface area contributed by atoms with E-state index in [0.29, 0.717) is 46.6 Å². The Balaban J connectivity index is 1.60. The van der Waals surface area contributed by atoms with Crippen LogP contribution >= 0.6 is 11.6 Å². The summed E-state index contributed by atoms with van der Waals surface area (Å²) >= 11 is 6.09. The van der Waals surface area contributed by atoms with E-state index in [1.165, 1.54) is 13.2 Å². The minimum absolute atomic E-state index is 0.0993. The minimum Gasteiger partial charge on any atom is -0.496 e. The Hall–Kier alpha value is -1.83. The predicted octanol–water partition coefficient (Wildman–Crippen LogP) is 2.51. The molecule has 1 aliphatic carbocycles. The van der Waals surface area contributed by atoms with E-state index < -0.39 is 0 Å². The fraction of sp³-hybridized carbons (Fsp3) is 0.619. The zero-order chi connectivity index (χ0) is 21.0. The molecule has 1 aromatic carbocycles. The summed E-state index contributed by atoms with van der Waals surface area (Å²) in [5.41, 5.74) is 6.53. The smallest absolute Gasteiger partial charge is 0.255 e. The number of Topliss-reactive ketones (excluding diaryl/α,β-unsaturated/α-hetero) is 1. The normalized spacial score (nSPS) is 23.8. The standard InChI is InChI=1S/C21H30ClN3O4/c1-28-19-10-17(23)16(22)9-15(19)21(27)24-18-7-8-25(12-20(18)29-2)11-13-3-5-14(26)6-4-13/h9-10,13,18,20H,3-8,11-12,23H2,1-2H3,(H,24,27)/t18-,20+/m0/s1. The first kappa shape index (κ1) is 21.9. The largest absolute Gasteiger partial charge is 0.496 e. The molecule has 1 heterocycles. The van der Waals surface area contributed by atoms with Crippen molar-refractivity contribution in [2.75, 3.05) is 39.6 Å². The van der Waals surface area contributed by atoms with Crippen molar-refractivity contribution in [2.45, 2.75) is 44.2 Å². The second-order valence-corrected chi connectivity index (χ2v) is 8.37. The maximum Gasteiger partial charge on any atom is 0.255 e. The number of benzene rings is 1. The van der Waals surface area contributed by atoms with E-state index in [9.17, 15) is 9.59 Å². The van der Waals surface area contributed by atoms with Gasteiger partial charge in [0.25, 0.3) is 5.91 Å². The van der Waals surface area contributed by atoms with Crippen molar-refractivity contribution in [3.8, 4) is 5.75 Å². The Kier molecular flexibility index (Phi) is 7.38. The number of hydrogen-bond acceptors (Lipinski definition) is 6. The van der Waals surface area contributed by atoms with Crippen LogP contribution in [0.2, 0.25) is 5.02 Å². The third kappa shape index (κ3) is 5.41. The SMILES string of the molecule is COc1cc(N)c(Cl)cc1C(=O)N[C@H]1CCN(CC2CCC(=O)CC2)C[C@H]1OC. The van der Waals surface area contributed by atoms with E-state index in [1.54, 1.807) is 13.2 Å². The van der Waals surface area contributed by atoms with Crippen LogP contribution in [-0.2, 0) is 9.53 Å². The van der Waals surface area contributed by atoms with Gasteiger partial charge in [0.2, 0.25) is 0 Å². The number of nitrogens with one attached hydrogen (secondary N) is 1. The molecule has 2 aliphatic rings. The van der Waals surface area contributed by atoms with Gasteiger partial charge >= 0.3 is 0 Å². The van der Waals surface area contributed by atoms with E-state index >= 15 is 0 Å². The van der Waals surface area contributed by atoms with Crippen molar-refractivity contribution in [1.82, 2.24) is 10.2 Å². The maximum absolute atomic E-state index is 12.9. The number of likely N-dealkylation sites (tertiary alicyclic amines) is 1. The van der Waals surface area contributed by atoms with Crippen molar-refractivity contribution in [3.63, 3.8) is 0 Å². The van der Waals surface area contributed by atoms with Crippen LogP contribution in [0.3, 0.4) is 0 Å². The molecule has 160 valence electrons. The van der Waals surface area contributed by atoms with Crippen molar-refractivity contribution in [3.05, 3.63) is 22.7 Å². The van der Waals surface area contributed by atoms with Gasteiger partial charge in [-0.1, -0.05) is 11.6 Å². The van der Waals surface area contributed by atoms with Crippen molar-refractivity contribution >= 4 is 29.0 Å². The highest BCUT2D eigenvalue weighted by Gasteiger charge is 2.32. The molecule has 3 rings (SSSR count). The predicted molar refractivity (Wildman–Crippen MR) is 112 cm³/mol. The number of nitrogen functional groups attached to an aromatic ring is 1. The highest BCUT2D eigenvalue weighted by atomic mass is 35.5. The number of ketones is 1. The Morgan fingerprint density at radius 1 is 1.28 bits per heavy atom. The van der Waals surface area contributed by atoms with Gasteiger partial charge < -0.3 is 25.4 Å². The average molecular weight is 424 g/mol. The molecule has 2 fully saturated rings. The zero-order valence-electron chi connectivity index (χ0n) is 17.1. The van der Waals surface area contributed by atoms with E-state index in [-0.39, 0.29) is 18.1 Å². The van der Waals surface area contributed by atoms with E-state index in [1.807, 2.05) is 0 Å². The Morgan fingerprint density at radius 3 is 2.66 bits per heavy atom. The van der Waals surface area contributed by atoms with Crippen LogP contribution in [0.5, 0.6) is 5.75 Å². The molecule has 7 nitrogen and oxygen atoms in total. The lowest BCUT2D eigenvalue weighted by atomic mass is 9.87. The molecular formula is C21H30ClN3O4. The molecule has 29 heavy (non-hydrogen) atoms. The van der Waals surface area contributed by atoms with Gasteiger partial charge in [-0.2, -0.15) is 0 Å². The van der Waals surface area contributed by atoms with Crippen molar-refractivity contribution < 1.29 is 19.1 Å². The first-order valence-corrected chi connectivity index (χ1v) is 10.5. The molecule has 0 spiro atoms. The highest BCUT2D eigenvalue weighted by molar-refractivity contribution is 6.33. The van der Waals surface area contributed by atoms with Crippen LogP contribution in [0.1, 0.15) is 42.5 Å². The minimum atomic E-state index is -0.255. The number of anilines is 1. The lowest BCUT2D eigenvalue weighted by molar-refractivity contribution is -0.121. The number of nitrogens with two attached hydrogens (primary N) is 1. The molecule has 3 N–H and O–H groups in total. The highest BCUT2D eigenvalue weighted by Crippen LogP contribution is 2.29. The van der Waals surface area contributed by atoms with Crippen LogP contribution in [-0.4, -0.2) is 62.6 Å². The van der Waals surface area contributed by atoms with Crippen LogP contribution < -0.4 is 15.8 Å². The number of hydrogen-bond donors (Lipinski definition) is 2. The average Bonchev–Trinajstić information content (AvgIpc) is 2.72. The topological polar surface area (TPSA) is 93.9 Å². The van der Waals surface area contributed by atoms with Gasteiger partial charge in [-0.25, -0.2) is 0 Å². The fourth-order valence-corrected chi connectivity index (χ4v) is 4.42. The van der Waals surface area contributed by atoms with Gasteiger partial charge in [-0.15, -0.1) is 0 Å². The molecule has 1 saturated carbocycles. The molecule has 1 aromatic rings. The zero-order valence-corrected chi connectivity index (χ0v) is 17.8. The van der Waals surface area contributed by atoms with Gasteiger partial charge in [0.1, 0.15) is 11.5 Å². The summed E-state index contributed by atoms with van der Waals surface area (Å²) in [7, 11) is 3.17. The molecule has 0 radical (unpaired) electrons. The quantitative estimate of drug-likeness (QED) is 0.683. The number of ether oxygens (including phenoxy) is 2. The van der Waals surface area contributed by atoms with Gasteiger partial charge in [0.05, 0.1) is 35.5 Å². The number of nitrogens with zero attached hydrogens (tertiary/aromatic N) is 1. The first-order valence-electron chi connectivity index (χ1n) is 10.1.